The van der Waals surface area contributed by atoms with Gasteiger partial charge in [-0.2, -0.15) is 0 Å². The van der Waals surface area contributed by atoms with E-state index in [1.165, 1.54) is 0 Å². The smallest absolute Gasteiger partial charge is 0.278 e. The van der Waals surface area contributed by atoms with E-state index < -0.39 is 0 Å². The van der Waals surface area contributed by atoms with Gasteiger partial charge in [-0.05, 0) is 38.1 Å². The van der Waals surface area contributed by atoms with Gasteiger partial charge in [0.05, 0.1) is 11.4 Å². The lowest BCUT2D eigenvalue weighted by atomic mass is 10.3. The van der Waals surface area contributed by atoms with Gasteiger partial charge in [0.1, 0.15) is 5.69 Å². The predicted molar refractivity (Wildman–Crippen MR) is 68.7 cm³/mol. The number of hydrogen-bond acceptors (Lipinski definition) is 3. The van der Waals surface area contributed by atoms with Crippen LogP contribution in [0, 0.1) is 6.92 Å². The molecule has 0 fully saturated rings. The van der Waals surface area contributed by atoms with Crippen LogP contribution in [0.15, 0.2) is 41.5 Å². The van der Waals surface area contributed by atoms with Crippen LogP contribution in [0.4, 0.5) is 5.69 Å². The molecule has 4 heteroatoms. The fraction of sp³-hybridized carbons (Fsp3) is 0.231. The van der Waals surface area contributed by atoms with Crippen LogP contribution in [0.1, 0.15) is 12.6 Å². The maximum atomic E-state index is 12.2. The van der Waals surface area contributed by atoms with Crippen molar-refractivity contribution in [2.75, 3.05) is 11.9 Å². The molecule has 2 aromatic heterocycles. The Morgan fingerprint density at radius 1 is 1.35 bits per heavy atom. The quantitative estimate of drug-likeness (QED) is 0.875. The van der Waals surface area contributed by atoms with Crippen molar-refractivity contribution in [2.45, 2.75) is 13.8 Å². The second kappa shape index (κ2) is 4.82. The molecule has 0 amide bonds. The molecular formula is C13H15N3O. The molecule has 0 aliphatic carbocycles. The van der Waals surface area contributed by atoms with Crippen LogP contribution in [-0.2, 0) is 0 Å². The Labute approximate surface area is 99.9 Å². The first kappa shape index (κ1) is 11.4. The molecule has 0 radical (unpaired) electrons. The Kier molecular flexibility index (Phi) is 3.23. The van der Waals surface area contributed by atoms with Crippen molar-refractivity contribution in [2.24, 2.45) is 0 Å². The number of aryl methyl sites for hydroxylation is 1. The Morgan fingerprint density at radius 3 is 2.88 bits per heavy atom. The second-order valence-electron chi connectivity index (χ2n) is 3.74. The highest BCUT2D eigenvalue weighted by Crippen LogP contribution is 2.09. The van der Waals surface area contributed by atoms with Gasteiger partial charge in [-0.3, -0.25) is 14.3 Å². The fourth-order valence-corrected chi connectivity index (χ4v) is 1.74. The van der Waals surface area contributed by atoms with Crippen LogP contribution in [-0.4, -0.2) is 16.1 Å². The summed E-state index contributed by atoms with van der Waals surface area (Å²) in [6.07, 6.45) is 3.48. The maximum Gasteiger partial charge on any atom is 0.278 e. The number of anilines is 1. The molecule has 0 unspecified atom stereocenters. The first-order valence-corrected chi connectivity index (χ1v) is 5.61. The van der Waals surface area contributed by atoms with Gasteiger partial charge < -0.3 is 5.32 Å². The van der Waals surface area contributed by atoms with Gasteiger partial charge in [0.15, 0.2) is 0 Å². The van der Waals surface area contributed by atoms with E-state index in [9.17, 15) is 4.79 Å². The third-order valence-electron chi connectivity index (χ3n) is 2.55. The van der Waals surface area contributed by atoms with E-state index in [1.54, 1.807) is 23.0 Å². The van der Waals surface area contributed by atoms with Crippen LogP contribution in [0.2, 0.25) is 0 Å². The molecule has 88 valence electrons. The Bertz CT molecular complexity index is 575. The van der Waals surface area contributed by atoms with Crippen molar-refractivity contribution in [1.82, 2.24) is 9.55 Å². The summed E-state index contributed by atoms with van der Waals surface area (Å²) in [7, 11) is 0. The molecule has 0 aliphatic heterocycles. The fourth-order valence-electron chi connectivity index (χ4n) is 1.74. The van der Waals surface area contributed by atoms with Gasteiger partial charge in [0.25, 0.3) is 5.56 Å². The second-order valence-corrected chi connectivity index (χ2v) is 3.74. The van der Waals surface area contributed by atoms with E-state index in [2.05, 4.69) is 10.3 Å². The molecule has 17 heavy (non-hydrogen) atoms. The van der Waals surface area contributed by atoms with E-state index in [1.807, 2.05) is 32.0 Å². The molecule has 0 spiro atoms. The number of nitrogens with one attached hydrogen (secondary N) is 1. The van der Waals surface area contributed by atoms with Crippen molar-refractivity contribution in [3.63, 3.8) is 0 Å². The lowest BCUT2D eigenvalue weighted by molar-refractivity contribution is 0.953. The van der Waals surface area contributed by atoms with Crippen LogP contribution in [0.5, 0.6) is 0 Å². The average Bonchev–Trinajstić information content (AvgIpc) is 2.33. The molecular weight excluding hydrogens is 214 g/mol. The number of rotatable bonds is 3. The average molecular weight is 229 g/mol. The van der Waals surface area contributed by atoms with Gasteiger partial charge in [0, 0.05) is 18.9 Å². The standard InChI is InChI=1S/C13H15N3O/c1-3-14-11-6-5-9-16(13(11)17)12-7-4-8-15-10(12)2/h4-9,14H,3H2,1-2H3. The summed E-state index contributed by atoms with van der Waals surface area (Å²) in [4.78, 5) is 16.4. The number of aromatic nitrogens is 2. The van der Waals surface area contributed by atoms with Gasteiger partial charge in [-0.1, -0.05) is 0 Å². The summed E-state index contributed by atoms with van der Waals surface area (Å²) in [6.45, 7) is 4.58. The molecule has 2 rings (SSSR count). The van der Waals surface area contributed by atoms with Gasteiger partial charge >= 0.3 is 0 Å². The van der Waals surface area contributed by atoms with Gasteiger partial charge in [-0.25, -0.2) is 0 Å². The Hall–Kier alpha value is -2.10. The Morgan fingerprint density at radius 2 is 2.18 bits per heavy atom. The highest BCUT2D eigenvalue weighted by Gasteiger charge is 2.06. The van der Waals surface area contributed by atoms with Crippen molar-refractivity contribution in [1.29, 1.82) is 0 Å². The van der Waals surface area contributed by atoms with Crippen molar-refractivity contribution in [3.05, 3.63) is 52.7 Å². The van der Waals surface area contributed by atoms with E-state index in [0.717, 1.165) is 17.9 Å². The molecule has 2 aromatic rings. The van der Waals surface area contributed by atoms with Gasteiger partial charge in [0.2, 0.25) is 0 Å². The lowest BCUT2D eigenvalue weighted by Gasteiger charge is -2.10. The molecule has 0 bridgehead atoms. The SMILES string of the molecule is CCNc1cccn(-c2cccnc2C)c1=O. The summed E-state index contributed by atoms with van der Waals surface area (Å²) in [5.41, 5.74) is 2.21. The van der Waals surface area contributed by atoms with Crippen molar-refractivity contribution < 1.29 is 0 Å². The maximum absolute atomic E-state index is 12.2. The normalized spacial score (nSPS) is 10.2. The highest BCUT2D eigenvalue weighted by molar-refractivity contribution is 5.45. The van der Waals surface area contributed by atoms with E-state index in [-0.39, 0.29) is 5.56 Å². The van der Waals surface area contributed by atoms with Gasteiger partial charge in [-0.15, -0.1) is 0 Å². The van der Waals surface area contributed by atoms with Crippen LogP contribution in [0.25, 0.3) is 5.69 Å². The molecule has 0 saturated carbocycles. The third kappa shape index (κ3) is 2.20. The Balaban J connectivity index is 2.57. The zero-order valence-corrected chi connectivity index (χ0v) is 9.97. The highest BCUT2D eigenvalue weighted by atomic mass is 16.1. The van der Waals surface area contributed by atoms with E-state index in [4.69, 9.17) is 0 Å². The first-order chi connectivity index (χ1) is 8.24. The van der Waals surface area contributed by atoms with Crippen LogP contribution in [0.3, 0.4) is 0 Å². The molecule has 1 N–H and O–H groups in total. The minimum Gasteiger partial charge on any atom is -0.381 e. The van der Waals surface area contributed by atoms with E-state index in [0.29, 0.717) is 5.69 Å². The van der Waals surface area contributed by atoms with Crippen molar-refractivity contribution in [3.8, 4) is 5.69 Å². The summed E-state index contributed by atoms with van der Waals surface area (Å²) >= 11 is 0. The van der Waals surface area contributed by atoms with Crippen LogP contribution >= 0.6 is 0 Å². The molecule has 0 atom stereocenters. The van der Waals surface area contributed by atoms with E-state index >= 15 is 0 Å². The monoisotopic (exact) mass is 229 g/mol. The molecule has 0 saturated heterocycles. The lowest BCUT2D eigenvalue weighted by Crippen LogP contribution is -2.22. The predicted octanol–water partition coefficient (Wildman–Crippen LogP) is 1.97. The zero-order chi connectivity index (χ0) is 12.3. The minimum atomic E-state index is -0.0505. The van der Waals surface area contributed by atoms with Crippen molar-refractivity contribution >= 4 is 5.69 Å². The molecule has 0 aromatic carbocycles. The summed E-state index contributed by atoms with van der Waals surface area (Å²) in [6, 6.07) is 7.36. The first-order valence-electron chi connectivity index (χ1n) is 5.61. The minimum absolute atomic E-state index is 0.0505. The van der Waals surface area contributed by atoms with Crippen LogP contribution < -0.4 is 10.9 Å². The number of pyridine rings is 2. The zero-order valence-electron chi connectivity index (χ0n) is 9.97. The molecule has 0 aliphatic rings. The number of nitrogens with zero attached hydrogens (tertiary/aromatic N) is 2. The molecule has 4 nitrogen and oxygen atoms in total. The summed E-state index contributed by atoms with van der Waals surface area (Å²) < 4.78 is 1.61. The largest absolute Gasteiger partial charge is 0.381 e. The third-order valence-corrected chi connectivity index (χ3v) is 2.55. The topological polar surface area (TPSA) is 46.9 Å². The summed E-state index contributed by atoms with van der Waals surface area (Å²) in [5, 5.41) is 3.05. The summed E-state index contributed by atoms with van der Waals surface area (Å²) in [5.74, 6) is 0. The number of hydrogen-bond donors (Lipinski definition) is 1. The molecule has 2 heterocycles.